The standard InChI is InChI=1S/C21H25N5O6.H2O4S/c22-12-1-2-13-23-14-3-15-24(20(27)16-4-8-18(9-5-16)25(29)30)21(28)17-6-10-19(11-7-17)26(31)32;1-5(2,3)4/h4-11,23H,1-3,12-15,22H2;(H2,1,2,3,4). The number of nitrogens with one attached hydrogen (secondary N) is 1. The molecule has 2 aromatic carbocycles. The molecular weight excluding hydrogens is 514 g/mol. The fourth-order valence-corrected chi connectivity index (χ4v) is 2.94. The highest BCUT2D eigenvalue weighted by Gasteiger charge is 2.25. The average Bonchev–Trinajstić information content (AvgIpc) is 2.84. The van der Waals surface area contributed by atoms with Crippen LogP contribution in [0.4, 0.5) is 11.4 Å². The number of unbranched alkanes of at least 4 members (excludes halogenated alkanes) is 1. The van der Waals surface area contributed by atoms with E-state index in [0.717, 1.165) is 24.3 Å². The molecule has 2 amide bonds. The van der Waals surface area contributed by atoms with Gasteiger partial charge in [-0.2, -0.15) is 8.42 Å². The van der Waals surface area contributed by atoms with Gasteiger partial charge in [-0.3, -0.25) is 43.8 Å². The molecule has 0 heterocycles. The van der Waals surface area contributed by atoms with Crippen LogP contribution in [0.5, 0.6) is 0 Å². The summed E-state index contributed by atoms with van der Waals surface area (Å²) in [6.07, 6.45) is 2.31. The maximum atomic E-state index is 13.0. The van der Waals surface area contributed by atoms with Gasteiger partial charge in [-0.1, -0.05) is 0 Å². The number of imide groups is 1. The Morgan fingerprint density at radius 1 is 0.811 bits per heavy atom. The molecular formula is C21H27N5O10S. The predicted molar refractivity (Wildman–Crippen MR) is 132 cm³/mol. The summed E-state index contributed by atoms with van der Waals surface area (Å²) in [6, 6.07) is 9.95. The Morgan fingerprint density at radius 2 is 1.19 bits per heavy atom. The number of nitrogens with zero attached hydrogens (tertiary/aromatic N) is 3. The molecule has 16 heteroatoms. The summed E-state index contributed by atoms with van der Waals surface area (Å²) in [5, 5.41) is 24.9. The third-order valence-corrected chi connectivity index (χ3v) is 4.68. The first-order valence-corrected chi connectivity index (χ1v) is 12.2. The molecule has 0 aromatic heterocycles. The molecule has 2 aromatic rings. The van der Waals surface area contributed by atoms with E-state index in [1.165, 1.54) is 48.5 Å². The van der Waals surface area contributed by atoms with Crippen LogP contribution in [0, 0.1) is 20.2 Å². The van der Waals surface area contributed by atoms with Crippen LogP contribution in [0.3, 0.4) is 0 Å². The monoisotopic (exact) mass is 541 g/mol. The zero-order chi connectivity index (χ0) is 28.0. The van der Waals surface area contributed by atoms with Crippen molar-refractivity contribution in [2.24, 2.45) is 5.73 Å². The Bertz CT molecular complexity index is 1090. The molecule has 0 aliphatic carbocycles. The van der Waals surface area contributed by atoms with Crippen LogP contribution in [-0.2, 0) is 10.4 Å². The van der Waals surface area contributed by atoms with Crippen molar-refractivity contribution in [1.82, 2.24) is 10.2 Å². The van der Waals surface area contributed by atoms with Crippen LogP contribution >= 0.6 is 0 Å². The van der Waals surface area contributed by atoms with Crippen molar-refractivity contribution in [2.75, 3.05) is 26.2 Å². The summed E-state index contributed by atoms with van der Waals surface area (Å²) in [6.45, 7) is 2.06. The first-order chi connectivity index (χ1) is 17.3. The largest absolute Gasteiger partial charge is 0.394 e. The highest BCUT2D eigenvalue weighted by molar-refractivity contribution is 7.79. The first-order valence-electron chi connectivity index (χ1n) is 10.8. The van der Waals surface area contributed by atoms with Crippen molar-refractivity contribution in [2.45, 2.75) is 19.3 Å². The van der Waals surface area contributed by atoms with E-state index in [4.69, 9.17) is 23.3 Å². The second-order valence-electron chi connectivity index (χ2n) is 7.42. The quantitative estimate of drug-likeness (QED) is 0.0990. The van der Waals surface area contributed by atoms with Crippen molar-refractivity contribution < 1.29 is 37.0 Å². The van der Waals surface area contributed by atoms with Crippen molar-refractivity contribution in [3.05, 3.63) is 79.9 Å². The van der Waals surface area contributed by atoms with Crippen LogP contribution in [-0.4, -0.2) is 70.3 Å². The SMILES string of the molecule is NCCCCNCCCN(C(=O)c1ccc([N+](=O)[O-])cc1)C(=O)c1ccc([N+](=O)[O-])cc1.O=S(=O)(O)O. The Morgan fingerprint density at radius 3 is 1.54 bits per heavy atom. The van der Waals surface area contributed by atoms with Gasteiger partial charge in [0.25, 0.3) is 23.2 Å². The number of carbonyl (C=O) groups excluding carboxylic acids is 2. The van der Waals surface area contributed by atoms with Crippen LogP contribution in [0.2, 0.25) is 0 Å². The van der Waals surface area contributed by atoms with Gasteiger partial charge >= 0.3 is 10.4 Å². The number of non-ortho nitro benzene ring substituents is 2. The van der Waals surface area contributed by atoms with E-state index < -0.39 is 32.1 Å². The number of nitro benzene ring substituents is 2. The molecule has 0 atom stereocenters. The topological polar surface area (TPSA) is 236 Å². The van der Waals surface area contributed by atoms with Gasteiger partial charge in [-0.15, -0.1) is 0 Å². The normalized spacial score (nSPS) is 10.7. The molecule has 202 valence electrons. The Hall–Kier alpha value is -3.83. The van der Waals surface area contributed by atoms with Gasteiger partial charge in [0.15, 0.2) is 0 Å². The molecule has 0 aliphatic heterocycles. The van der Waals surface area contributed by atoms with Gasteiger partial charge in [0.1, 0.15) is 0 Å². The van der Waals surface area contributed by atoms with Crippen molar-refractivity contribution in [3.8, 4) is 0 Å². The Balaban J connectivity index is 0.00000124. The van der Waals surface area contributed by atoms with Gasteiger partial charge in [-0.05, 0) is 63.2 Å². The van der Waals surface area contributed by atoms with Crippen molar-refractivity contribution in [1.29, 1.82) is 0 Å². The summed E-state index contributed by atoms with van der Waals surface area (Å²) >= 11 is 0. The van der Waals surface area contributed by atoms with E-state index >= 15 is 0 Å². The lowest BCUT2D eigenvalue weighted by Gasteiger charge is -2.21. The van der Waals surface area contributed by atoms with E-state index in [-0.39, 0.29) is 29.0 Å². The summed E-state index contributed by atoms with van der Waals surface area (Å²) in [7, 11) is -4.67. The molecule has 0 saturated carbocycles. The fraction of sp³-hybridized carbons (Fsp3) is 0.333. The molecule has 15 nitrogen and oxygen atoms in total. The van der Waals surface area contributed by atoms with Crippen LogP contribution in [0.1, 0.15) is 40.0 Å². The van der Waals surface area contributed by atoms with Gasteiger partial charge < -0.3 is 11.1 Å². The molecule has 0 spiro atoms. The Labute approximate surface area is 212 Å². The van der Waals surface area contributed by atoms with Crippen LogP contribution in [0.25, 0.3) is 0 Å². The smallest absolute Gasteiger partial charge is 0.330 e. The lowest BCUT2D eigenvalue weighted by molar-refractivity contribution is -0.385. The molecule has 0 unspecified atom stereocenters. The molecule has 0 aliphatic rings. The number of benzene rings is 2. The van der Waals surface area contributed by atoms with E-state index in [0.29, 0.717) is 19.5 Å². The van der Waals surface area contributed by atoms with Crippen molar-refractivity contribution >= 4 is 33.6 Å². The zero-order valence-corrected chi connectivity index (χ0v) is 20.4. The molecule has 0 bridgehead atoms. The highest BCUT2D eigenvalue weighted by atomic mass is 32.3. The van der Waals surface area contributed by atoms with Gasteiger partial charge in [0, 0.05) is 41.9 Å². The average molecular weight is 542 g/mol. The minimum absolute atomic E-state index is 0.107. The first kappa shape index (κ1) is 31.2. The van der Waals surface area contributed by atoms with E-state index in [1.807, 2.05) is 0 Å². The van der Waals surface area contributed by atoms with Crippen LogP contribution in [0.15, 0.2) is 48.5 Å². The summed E-state index contributed by atoms with van der Waals surface area (Å²) in [5.41, 5.74) is 5.37. The number of rotatable bonds is 12. The molecule has 0 radical (unpaired) electrons. The zero-order valence-electron chi connectivity index (χ0n) is 19.6. The molecule has 0 fully saturated rings. The number of hydrogen-bond donors (Lipinski definition) is 4. The lowest BCUT2D eigenvalue weighted by atomic mass is 10.1. The highest BCUT2D eigenvalue weighted by Crippen LogP contribution is 2.17. The summed E-state index contributed by atoms with van der Waals surface area (Å²) in [4.78, 5) is 47.6. The van der Waals surface area contributed by atoms with E-state index in [1.54, 1.807) is 0 Å². The van der Waals surface area contributed by atoms with E-state index in [9.17, 15) is 29.8 Å². The fourth-order valence-electron chi connectivity index (χ4n) is 2.94. The lowest BCUT2D eigenvalue weighted by Crippen LogP contribution is -2.38. The van der Waals surface area contributed by atoms with Gasteiger partial charge in [0.2, 0.25) is 0 Å². The van der Waals surface area contributed by atoms with Crippen molar-refractivity contribution in [3.63, 3.8) is 0 Å². The molecule has 5 N–H and O–H groups in total. The second kappa shape index (κ2) is 15.3. The third-order valence-electron chi connectivity index (χ3n) is 4.68. The van der Waals surface area contributed by atoms with Gasteiger partial charge in [0.05, 0.1) is 9.85 Å². The maximum Gasteiger partial charge on any atom is 0.394 e. The maximum absolute atomic E-state index is 13.0. The third kappa shape index (κ3) is 12.1. The number of nitrogens with two attached hydrogens (primary N) is 1. The molecule has 0 saturated heterocycles. The van der Waals surface area contributed by atoms with Gasteiger partial charge in [-0.25, -0.2) is 0 Å². The number of amides is 2. The van der Waals surface area contributed by atoms with Crippen LogP contribution < -0.4 is 11.1 Å². The predicted octanol–water partition coefficient (Wildman–Crippen LogP) is 1.85. The number of carbonyl (C=O) groups is 2. The number of nitro groups is 2. The summed E-state index contributed by atoms with van der Waals surface area (Å²) in [5.74, 6) is -1.21. The molecule has 2 rings (SSSR count). The van der Waals surface area contributed by atoms with E-state index in [2.05, 4.69) is 5.32 Å². The molecule has 37 heavy (non-hydrogen) atoms. The number of hydrogen-bond acceptors (Lipinski definition) is 10. The minimum atomic E-state index is -4.67. The second-order valence-corrected chi connectivity index (χ2v) is 8.31. The minimum Gasteiger partial charge on any atom is -0.330 e. The summed E-state index contributed by atoms with van der Waals surface area (Å²) < 4.78 is 31.6. The Kier molecular flexibility index (Phi) is 12.9.